The van der Waals surface area contributed by atoms with Crippen LogP contribution in [0.1, 0.15) is 16.1 Å². The van der Waals surface area contributed by atoms with Crippen LogP contribution in [0.25, 0.3) is 10.9 Å². The van der Waals surface area contributed by atoms with E-state index in [2.05, 4.69) is 9.88 Å². The fourth-order valence-electron chi connectivity index (χ4n) is 2.62. The van der Waals surface area contributed by atoms with E-state index in [1.165, 1.54) is 0 Å². The van der Waals surface area contributed by atoms with E-state index >= 15 is 0 Å². The van der Waals surface area contributed by atoms with Gasteiger partial charge in [-0.2, -0.15) is 0 Å². The molecule has 0 bridgehead atoms. The van der Waals surface area contributed by atoms with Crippen LogP contribution in [0, 0.1) is 0 Å². The van der Waals surface area contributed by atoms with Crippen LogP contribution < -0.4 is 10.1 Å². The minimum Gasteiger partial charge on any atom is -0.495 e. The van der Waals surface area contributed by atoms with Gasteiger partial charge in [-0.15, -0.1) is 0 Å². The molecule has 94 valence electrons. The average Bonchev–Trinajstić information content (AvgIpc) is 2.75. The molecule has 1 aromatic carbocycles. The molecule has 0 fully saturated rings. The monoisotopic (exact) mass is 264 g/mol. The average molecular weight is 265 g/mol. The fourth-order valence-corrected chi connectivity index (χ4v) is 2.88. The number of halogens is 1. The molecule has 5 heteroatoms. The number of benzene rings is 1. The summed E-state index contributed by atoms with van der Waals surface area (Å²) in [4.78, 5) is 11.4. The SMILES string of the molecule is COc1ccc(Cl)c2c(C=O)c3n(c12)CCNC3. The first-order valence-electron chi connectivity index (χ1n) is 5.81. The number of nitrogens with one attached hydrogen (secondary N) is 1. The van der Waals surface area contributed by atoms with Crippen molar-refractivity contribution in [3.8, 4) is 5.75 Å². The molecule has 1 aromatic heterocycles. The lowest BCUT2D eigenvalue weighted by Gasteiger charge is -2.18. The van der Waals surface area contributed by atoms with E-state index in [-0.39, 0.29) is 0 Å². The van der Waals surface area contributed by atoms with Crippen LogP contribution in [0.5, 0.6) is 5.75 Å². The number of hydrogen-bond donors (Lipinski definition) is 1. The van der Waals surface area contributed by atoms with E-state index in [4.69, 9.17) is 16.3 Å². The third-order valence-electron chi connectivity index (χ3n) is 3.41. The zero-order valence-electron chi connectivity index (χ0n) is 10.00. The van der Waals surface area contributed by atoms with Crippen molar-refractivity contribution in [3.05, 3.63) is 28.4 Å². The molecule has 0 aliphatic carbocycles. The zero-order valence-corrected chi connectivity index (χ0v) is 10.8. The maximum Gasteiger partial charge on any atom is 0.152 e. The van der Waals surface area contributed by atoms with Crippen LogP contribution in [0.15, 0.2) is 12.1 Å². The van der Waals surface area contributed by atoms with Crippen LogP contribution in [-0.2, 0) is 13.1 Å². The van der Waals surface area contributed by atoms with Gasteiger partial charge < -0.3 is 14.6 Å². The van der Waals surface area contributed by atoms with Gasteiger partial charge in [0.25, 0.3) is 0 Å². The highest BCUT2D eigenvalue weighted by molar-refractivity contribution is 6.36. The zero-order chi connectivity index (χ0) is 12.7. The highest BCUT2D eigenvalue weighted by atomic mass is 35.5. The molecule has 0 radical (unpaired) electrons. The topological polar surface area (TPSA) is 43.3 Å². The molecule has 18 heavy (non-hydrogen) atoms. The van der Waals surface area contributed by atoms with Crippen LogP contribution in [0.3, 0.4) is 0 Å². The van der Waals surface area contributed by atoms with E-state index in [0.717, 1.165) is 41.7 Å². The lowest BCUT2D eigenvalue weighted by atomic mass is 10.1. The van der Waals surface area contributed by atoms with Crippen molar-refractivity contribution >= 4 is 28.8 Å². The predicted octanol–water partition coefficient (Wildman–Crippen LogP) is 2.22. The predicted molar refractivity (Wildman–Crippen MR) is 70.6 cm³/mol. The Labute approximate surface area is 109 Å². The molecule has 0 atom stereocenters. The van der Waals surface area contributed by atoms with E-state index in [0.29, 0.717) is 17.1 Å². The summed E-state index contributed by atoms with van der Waals surface area (Å²) in [5, 5.41) is 4.66. The fraction of sp³-hybridized carbons (Fsp3) is 0.308. The first-order valence-corrected chi connectivity index (χ1v) is 6.19. The third kappa shape index (κ3) is 1.46. The van der Waals surface area contributed by atoms with Gasteiger partial charge in [-0.25, -0.2) is 0 Å². The van der Waals surface area contributed by atoms with E-state index < -0.39 is 0 Å². The number of ether oxygens (including phenoxy) is 1. The standard InChI is InChI=1S/C13H13ClN2O2/c1-18-11-3-2-9(14)12-8(7-17)10-6-15-4-5-16(10)13(11)12/h2-3,7,15H,4-6H2,1H3. The Kier molecular flexibility index (Phi) is 2.76. The Morgan fingerprint density at radius 3 is 3.06 bits per heavy atom. The van der Waals surface area contributed by atoms with Crippen molar-refractivity contribution in [1.29, 1.82) is 0 Å². The number of nitrogens with zero attached hydrogens (tertiary/aromatic N) is 1. The number of hydrogen-bond acceptors (Lipinski definition) is 3. The summed E-state index contributed by atoms with van der Waals surface area (Å²) in [6, 6.07) is 3.61. The molecule has 1 aliphatic rings. The Morgan fingerprint density at radius 1 is 1.50 bits per heavy atom. The largest absolute Gasteiger partial charge is 0.495 e. The van der Waals surface area contributed by atoms with E-state index in [1.54, 1.807) is 13.2 Å². The Balaban J connectivity index is 2.48. The quantitative estimate of drug-likeness (QED) is 0.846. The molecule has 2 aromatic rings. The molecular formula is C13H13ClN2O2. The van der Waals surface area contributed by atoms with Crippen LogP contribution in [-0.4, -0.2) is 24.5 Å². The number of aldehydes is 1. The molecule has 0 amide bonds. The molecular weight excluding hydrogens is 252 g/mol. The summed E-state index contributed by atoms with van der Waals surface area (Å²) >= 11 is 6.24. The van der Waals surface area contributed by atoms with Crippen LogP contribution >= 0.6 is 11.6 Å². The van der Waals surface area contributed by atoms with Crippen molar-refractivity contribution < 1.29 is 9.53 Å². The van der Waals surface area contributed by atoms with Gasteiger partial charge in [0.15, 0.2) is 6.29 Å². The number of aromatic nitrogens is 1. The van der Waals surface area contributed by atoms with Gasteiger partial charge >= 0.3 is 0 Å². The third-order valence-corrected chi connectivity index (χ3v) is 3.72. The smallest absolute Gasteiger partial charge is 0.152 e. The van der Waals surface area contributed by atoms with Crippen molar-refractivity contribution in [3.63, 3.8) is 0 Å². The first kappa shape index (κ1) is 11.6. The molecule has 2 heterocycles. The van der Waals surface area contributed by atoms with Crippen LogP contribution in [0.2, 0.25) is 5.02 Å². The Bertz CT molecular complexity index is 634. The number of carbonyl (C=O) groups is 1. The van der Waals surface area contributed by atoms with Gasteiger partial charge in [0, 0.05) is 36.3 Å². The van der Waals surface area contributed by atoms with Crippen molar-refractivity contribution in [2.45, 2.75) is 13.1 Å². The number of fused-ring (bicyclic) bond motifs is 3. The Morgan fingerprint density at radius 2 is 2.33 bits per heavy atom. The minimum atomic E-state index is 0.592. The molecule has 0 unspecified atom stereocenters. The normalized spacial score (nSPS) is 14.6. The summed E-state index contributed by atoms with van der Waals surface area (Å²) in [6.07, 6.45) is 0.881. The second kappa shape index (κ2) is 4.30. The van der Waals surface area contributed by atoms with Gasteiger partial charge in [0.1, 0.15) is 5.75 Å². The first-order chi connectivity index (χ1) is 8.77. The van der Waals surface area contributed by atoms with Gasteiger partial charge in [-0.05, 0) is 12.1 Å². The molecule has 3 rings (SSSR count). The number of methoxy groups -OCH3 is 1. The molecule has 1 N–H and O–H groups in total. The van der Waals surface area contributed by atoms with Gasteiger partial charge in [0.2, 0.25) is 0 Å². The Hall–Kier alpha value is -1.52. The highest BCUT2D eigenvalue weighted by Crippen LogP contribution is 2.37. The minimum absolute atomic E-state index is 0.592. The lowest BCUT2D eigenvalue weighted by Crippen LogP contribution is -2.28. The summed E-state index contributed by atoms with van der Waals surface area (Å²) < 4.78 is 7.52. The lowest BCUT2D eigenvalue weighted by molar-refractivity contribution is 0.112. The number of rotatable bonds is 2. The highest BCUT2D eigenvalue weighted by Gasteiger charge is 2.23. The maximum absolute atomic E-state index is 11.4. The van der Waals surface area contributed by atoms with Crippen LogP contribution in [0.4, 0.5) is 0 Å². The summed E-state index contributed by atoms with van der Waals surface area (Å²) in [5.41, 5.74) is 2.57. The van der Waals surface area contributed by atoms with E-state index in [9.17, 15) is 4.79 Å². The molecule has 0 saturated heterocycles. The molecule has 0 saturated carbocycles. The van der Waals surface area contributed by atoms with Gasteiger partial charge in [-0.1, -0.05) is 11.6 Å². The maximum atomic E-state index is 11.4. The molecule has 0 spiro atoms. The van der Waals surface area contributed by atoms with Gasteiger partial charge in [-0.3, -0.25) is 4.79 Å². The summed E-state index contributed by atoms with van der Waals surface area (Å²) in [7, 11) is 1.63. The van der Waals surface area contributed by atoms with Crippen molar-refractivity contribution in [1.82, 2.24) is 9.88 Å². The van der Waals surface area contributed by atoms with Gasteiger partial charge in [0.05, 0.1) is 17.6 Å². The second-order valence-electron chi connectivity index (χ2n) is 4.28. The second-order valence-corrected chi connectivity index (χ2v) is 4.69. The van der Waals surface area contributed by atoms with Crippen molar-refractivity contribution in [2.75, 3.05) is 13.7 Å². The summed E-state index contributed by atoms with van der Waals surface area (Å²) in [5.74, 6) is 0.755. The molecule has 1 aliphatic heterocycles. The van der Waals surface area contributed by atoms with E-state index in [1.807, 2.05) is 6.07 Å². The van der Waals surface area contributed by atoms with Crippen molar-refractivity contribution in [2.24, 2.45) is 0 Å². The number of carbonyl (C=O) groups excluding carboxylic acids is 1. The summed E-state index contributed by atoms with van der Waals surface area (Å²) in [6.45, 7) is 2.38. The molecule has 4 nitrogen and oxygen atoms in total.